The number of amides is 1. The third-order valence-electron chi connectivity index (χ3n) is 3.30. The van der Waals surface area contributed by atoms with Gasteiger partial charge in [0.1, 0.15) is 5.75 Å². The highest BCUT2D eigenvalue weighted by molar-refractivity contribution is 6.33. The average Bonchev–Trinajstić information content (AvgIpc) is 2.35. The third-order valence-corrected chi connectivity index (χ3v) is 3.63. The van der Waals surface area contributed by atoms with Crippen molar-refractivity contribution in [2.45, 2.75) is 19.4 Å². The Morgan fingerprint density at radius 3 is 3.06 bits per heavy atom. The largest absolute Gasteiger partial charge is 0.508 e. The molecule has 1 aliphatic rings. The number of halogens is 1. The summed E-state index contributed by atoms with van der Waals surface area (Å²) in [5.41, 5.74) is 0.322. The van der Waals surface area contributed by atoms with Gasteiger partial charge in [-0.25, -0.2) is 0 Å². The summed E-state index contributed by atoms with van der Waals surface area (Å²) in [6, 6.07) is 4.53. The first-order chi connectivity index (χ1) is 8.58. The van der Waals surface area contributed by atoms with E-state index in [9.17, 15) is 9.90 Å². The molecule has 2 atom stereocenters. The topological polar surface area (TPSA) is 61.4 Å². The number of aromatic hydroxyl groups is 1. The highest BCUT2D eigenvalue weighted by atomic mass is 35.5. The molecule has 0 aromatic heterocycles. The summed E-state index contributed by atoms with van der Waals surface area (Å²) >= 11 is 5.96. The first-order valence-corrected chi connectivity index (χ1v) is 6.46. The van der Waals surface area contributed by atoms with Gasteiger partial charge in [-0.3, -0.25) is 4.79 Å². The summed E-state index contributed by atoms with van der Waals surface area (Å²) < 4.78 is 0. The van der Waals surface area contributed by atoms with Crippen molar-refractivity contribution in [3.8, 4) is 5.75 Å². The van der Waals surface area contributed by atoms with Gasteiger partial charge in [0.2, 0.25) is 0 Å². The molecule has 0 saturated carbocycles. The molecule has 18 heavy (non-hydrogen) atoms. The van der Waals surface area contributed by atoms with Crippen molar-refractivity contribution in [3.05, 3.63) is 28.8 Å². The number of phenols is 1. The van der Waals surface area contributed by atoms with Crippen LogP contribution in [-0.2, 0) is 0 Å². The molecule has 5 heteroatoms. The molecule has 1 saturated heterocycles. The van der Waals surface area contributed by atoms with Gasteiger partial charge in [-0.2, -0.15) is 0 Å². The number of benzene rings is 1. The minimum atomic E-state index is -0.227. The molecule has 2 unspecified atom stereocenters. The van der Waals surface area contributed by atoms with Gasteiger partial charge < -0.3 is 15.7 Å². The first kappa shape index (κ1) is 13.2. The van der Waals surface area contributed by atoms with E-state index in [1.807, 2.05) is 0 Å². The first-order valence-electron chi connectivity index (χ1n) is 6.08. The second-order valence-corrected chi connectivity index (χ2v) is 5.12. The van der Waals surface area contributed by atoms with E-state index < -0.39 is 0 Å². The maximum Gasteiger partial charge on any atom is 0.253 e. The molecular weight excluding hydrogens is 252 g/mol. The Morgan fingerprint density at radius 2 is 2.33 bits per heavy atom. The van der Waals surface area contributed by atoms with Crippen LogP contribution in [0.3, 0.4) is 0 Å². The molecule has 1 heterocycles. The van der Waals surface area contributed by atoms with Crippen molar-refractivity contribution < 1.29 is 9.90 Å². The standard InChI is InChI=1S/C13H17ClN2O2/c1-8-7-15-5-4-12(8)16-13(18)10-6-9(17)2-3-11(10)14/h2-3,6,8,12,15,17H,4-5,7H2,1H3,(H,16,18). The van der Waals surface area contributed by atoms with Crippen LogP contribution in [0.1, 0.15) is 23.7 Å². The van der Waals surface area contributed by atoms with Crippen molar-refractivity contribution in [1.82, 2.24) is 10.6 Å². The van der Waals surface area contributed by atoms with E-state index in [0.717, 1.165) is 19.5 Å². The lowest BCUT2D eigenvalue weighted by atomic mass is 9.95. The number of piperidine rings is 1. The van der Waals surface area contributed by atoms with Crippen LogP contribution in [0.5, 0.6) is 5.75 Å². The van der Waals surface area contributed by atoms with E-state index in [1.165, 1.54) is 18.2 Å². The van der Waals surface area contributed by atoms with Crippen molar-refractivity contribution >= 4 is 17.5 Å². The van der Waals surface area contributed by atoms with E-state index in [0.29, 0.717) is 16.5 Å². The molecule has 98 valence electrons. The van der Waals surface area contributed by atoms with Crippen molar-refractivity contribution in [2.75, 3.05) is 13.1 Å². The zero-order valence-corrected chi connectivity index (χ0v) is 11.0. The Kier molecular flexibility index (Phi) is 4.09. The van der Waals surface area contributed by atoms with Gasteiger partial charge in [-0.15, -0.1) is 0 Å². The maximum absolute atomic E-state index is 12.1. The lowest BCUT2D eigenvalue weighted by Crippen LogP contribution is -2.48. The predicted octanol–water partition coefficient (Wildman–Crippen LogP) is 1.77. The van der Waals surface area contributed by atoms with Crippen molar-refractivity contribution in [3.63, 3.8) is 0 Å². The molecule has 1 amide bonds. The van der Waals surface area contributed by atoms with Crippen LogP contribution in [0, 0.1) is 5.92 Å². The van der Waals surface area contributed by atoms with Crippen LogP contribution in [0.2, 0.25) is 5.02 Å². The summed E-state index contributed by atoms with van der Waals surface area (Å²) in [6.07, 6.45) is 0.906. The molecular formula is C13H17ClN2O2. The van der Waals surface area contributed by atoms with E-state index >= 15 is 0 Å². The van der Waals surface area contributed by atoms with Gasteiger partial charge in [0.25, 0.3) is 5.91 Å². The Hall–Kier alpha value is -1.26. The number of carbonyl (C=O) groups is 1. The average molecular weight is 269 g/mol. The molecule has 3 N–H and O–H groups in total. The van der Waals surface area contributed by atoms with Gasteiger partial charge in [0.05, 0.1) is 10.6 Å². The number of nitrogens with one attached hydrogen (secondary N) is 2. The molecule has 0 bridgehead atoms. The van der Waals surface area contributed by atoms with E-state index in [4.69, 9.17) is 11.6 Å². The molecule has 2 rings (SSSR count). The normalized spacial score (nSPS) is 23.7. The van der Waals surface area contributed by atoms with Gasteiger partial charge in [0, 0.05) is 6.04 Å². The van der Waals surface area contributed by atoms with E-state index in [2.05, 4.69) is 17.6 Å². The predicted molar refractivity (Wildman–Crippen MR) is 71.0 cm³/mol. The molecule has 4 nitrogen and oxygen atoms in total. The number of carbonyl (C=O) groups excluding carboxylic acids is 1. The molecule has 1 aromatic carbocycles. The maximum atomic E-state index is 12.1. The summed E-state index contributed by atoms with van der Waals surface area (Å²) in [5, 5.41) is 16.0. The van der Waals surface area contributed by atoms with Gasteiger partial charge in [-0.1, -0.05) is 18.5 Å². The zero-order chi connectivity index (χ0) is 13.1. The fourth-order valence-corrected chi connectivity index (χ4v) is 2.37. The fourth-order valence-electron chi connectivity index (χ4n) is 2.16. The minimum Gasteiger partial charge on any atom is -0.508 e. The Bertz CT molecular complexity index is 451. The third kappa shape index (κ3) is 2.94. The number of hydrogen-bond acceptors (Lipinski definition) is 3. The van der Waals surface area contributed by atoms with Crippen LogP contribution in [0.15, 0.2) is 18.2 Å². The van der Waals surface area contributed by atoms with Gasteiger partial charge in [0.15, 0.2) is 0 Å². The Morgan fingerprint density at radius 1 is 1.56 bits per heavy atom. The Labute approximate surface area is 111 Å². The lowest BCUT2D eigenvalue weighted by Gasteiger charge is -2.30. The van der Waals surface area contributed by atoms with E-state index in [1.54, 1.807) is 0 Å². The monoisotopic (exact) mass is 268 g/mol. The van der Waals surface area contributed by atoms with Crippen LogP contribution in [0.25, 0.3) is 0 Å². The summed E-state index contributed by atoms with van der Waals surface area (Å²) in [7, 11) is 0. The molecule has 1 aliphatic heterocycles. The quantitative estimate of drug-likeness (QED) is 0.766. The molecule has 0 spiro atoms. The molecule has 1 fully saturated rings. The zero-order valence-electron chi connectivity index (χ0n) is 10.2. The second-order valence-electron chi connectivity index (χ2n) is 4.71. The fraction of sp³-hybridized carbons (Fsp3) is 0.462. The van der Waals surface area contributed by atoms with Crippen LogP contribution >= 0.6 is 11.6 Å². The van der Waals surface area contributed by atoms with Crippen LogP contribution in [0.4, 0.5) is 0 Å². The van der Waals surface area contributed by atoms with Crippen LogP contribution < -0.4 is 10.6 Å². The summed E-state index contributed by atoms with van der Waals surface area (Å²) in [5.74, 6) is 0.205. The van der Waals surface area contributed by atoms with Crippen molar-refractivity contribution in [1.29, 1.82) is 0 Å². The number of phenolic OH excluding ortho intramolecular Hbond substituents is 1. The lowest BCUT2D eigenvalue weighted by molar-refractivity contribution is 0.0914. The molecule has 1 aromatic rings. The van der Waals surface area contributed by atoms with E-state index in [-0.39, 0.29) is 17.7 Å². The second kappa shape index (κ2) is 5.59. The smallest absolute Gasteiger partial charge is 0.253 e. The highest BCUT2D eigenvalue weighted by Gasteiger charge is 2.23. The number of hydrogen-bond donors (Lipinski definition) is 3. The van der Waals surface area contributed by atoms with Crippen molar-refractivity contribution in [2.24, 2.45) is 5.92 Å². The SMILES string of the molecule is CC1CNCCC1NC(=O)c1cc(O)ccc1Cl. The van der Waals surface area contributed by atoms with Gasteiger partial charge >= 0.3 is 0 Å². The minimum absolute atomic E-state index is 0.0444. The summed E-state index contributed by atoms with van der Waals surface area (Å²) in [4.78, 5) is 12.1. The summed E-state index contributed by atoms with van der Waals surface area (Å²) in [6.45, 7) is 3.91. The van der Waals surface area contributed by atoms with Gasteiger partial charge in [-0.05, 0) is 43.6 Å². The molecule has 0 radical (unpaired) electrons. The Balaban J connectivity index is 2.09. The highest BCUT2D eigenvalue weighted by Crippen LogP contribution is 2.21. The van der Waals surface area contributed by atoms with Crippen LogP contribution in [-0.4, -0.2) is 30.1 Å². The molecule has 0 aliphatic carbocycles. The number of rotatable bonds is 2.